The standard InChI is InChI=1S/C23H26N4O4/c28-21-3-1-2-18-16-8-14(12-27(18)21)11-26(13-16)23(29)17-10-24-25-22(17)15-4-5-19-20(9-15)31-7-6-30-19/h4-5,9-10,14,16,18H,1-3,6-8,11-13H2,(H,24,25)/t14-,16+,18-/m1/s1. The van der Waals surface area contributed by atoms with Gasteiger partial charge in [-0.1, -0.05) is 0 Å². The summed E-state index contributed by atoms with van der Waals surface area (Å²) in [6, 6.07) is 5.98. The topological polar surface area (TPSA) is 87.8 Å². The first-order chi connectivity index (χ1) is 15.2. The Labute approximate surface area is 180 Å². The van der Waals surface area contributed by atoms with E-state index in [1.54, 1.807) is 6.20 Å². The summed E-state index contributed by atoms with van der Waals surface area (Å²) in [5.41, 5.74) is 2.13. The second-order valence-electron chi connectivity index (χ2n) is 9.09. The zero-order valence-electron chi connectivity index (χ0n) is 17.4. The number of rotatable bonds is 2. The maximum absolute atomic E-state index is 13.5. The summed E-state index contributed by atoms with van der Waals surface area (Å²) in [6.07, 6.45) is 5.42. The van der Waals surface area contributed by atoms with E-state index in [9.17, 15) is 9.59 Å². The number of piperidine rings is 3. The van der Waals surface area contributed by atoms with Crippen molar-refractivity contribution in [2.45, 2.75) is 31.7 Å². The summed E-state index contributed by atoms with van der Waals surface area (Å²) in [7, 11) is 0. The maximum atomic E-state index is 13.5. The smallest absolute Gasteiger partial charge is 0.257 e. The van der Waals surface area contributed by atoms with Crippen LogP contribution < -0.4 is 9.47 Å². The molecule has 8 heteroatoms. The molecule has 2 aromatic rings. The lowest BCUT2D eigenvalue weighted by Gasteiger charge is -2.52. The highest BCUT2D eigenvalue weighted by atomic mass is 16.6. The largest absolute Gasteiger partial charge is 0.486 e. The molecule has 6 rings (SSSR count). The summed E-state index contributed by atoms with van der Waals surface area (Å²) in [5.74, 6) is 2.42. The number of nitrogens with one attached hydrogen (secondary N) is 1. The number of carbonyl (C=O) groups excluding carboxylic acids is 2. The number of carbonyl (C=O) groups is 2. The summed E-state index contributed by atoms with van der Waals surface area (Å²) in [5, 5.41) is 7.18. The van der Waals surface area contributed by atoms with E-state index in [4.69, 9.17) is 9.47 Å². The summed E-state index contributed by atoms with van der Waals surface area (Å²) in [6.45, 7) is 3.24. The normalized spacial score (nSPS) is 27.1. The van der Waals surface area contributed by atoms with Gasteiger partial charge in [0.1, 0.15) is 13.2 Å². The number of aromatic amines is 1. The van der Waals surface area contributed by atoms with Gasteiger partial charge in [-0.15, -0.1) is 0 Å². The molecule has 3 saturated heterocycles. The van der Waals surface area contributed by atoms with E-state index in [2.05, 4.69) is 15.1 Å². The second kappa shape index (κ2) is 7.28. The quantitative estimate of drug-likeness (QED) is 0.803. The zero-order chi connectivity index (χ0) is 20.9. The monoisotopic (exact) mass is 422 g/mol. The maximum Gasteiger partial charge on any atom is 0.257 e. The molecule has 1 aromatic carbocycles. The minimum atomic E-state index is 0.00363. The fraction of sp³-hybridized carbons (Fsp3) is 0.522. The van der Waals surface area contributed by atoms with Gasteiger partial charge in [0.15, 0.2) is 11.5 Å². The molecule has 2 bridgehead atoms. The predicted octanol–water partition coefficient (Wildman–Crippen LogP) is 2.32. The molecule has 0 aliphatic carbocycles. The van der Waals surface area contributed by atoms with Crippen LogP contribution >= 0.6 is 0 Å². The van der Waals surface area contributed by atoms with Crippen LogP contribution in [0.25, 0.3) is 11.3 Å². The van der Waals surface area contributed by atoms with Gasteiger partial charge in [0, 0.05) is 37.7 Å². The van der Waals surface area contributed by atoms with E-state index in [0.29, 0.717) is 67.5 Å². The van der Waals surface area contributed by atoms with Crippen LogP contribution in [-0.4, -0.2) is 70.7 Å². The molecular weight excluding hydrogens is 396 g/mol. The Morgan fingerprint density at radius 1 is 1.13 bits per heavy atom. The van der Waals surface area contributed by atoms with E-state index < -0.39 is 0 Å². The summed E-state index contributed by atoms with van der Waals surface area (Å²) in [4.78, 5) is 30.0. The van der Waals surface area contributed by atoms with Crippen molar-refractivity contribution >= 4 is 11.8 Å². The van der Waals surface area contributed by atoms with Gasteiger partial charge in [-0.2, -0.15) is 5.10 Å². The summed E-state index contributed by atoms with van der Waals surface area (Å²) < 4.78 is 11.3. The van der Waals surface area contributed by atoms with Gasteiger partial charge in [-0.3, -0.25) is 14.7 Å². The van der Waals surface area contributed by atoms with Crippen LogP contribution in [-0.2, 0) is 4.79 Å². The van der Waals surface area contributed by atoms with Crippen molar-refractivity contribution in [1.29, 1.82) is 0 Å². The van der Waals surface area contributed by atoms with Crippen molar-refractivity contribution in [3.63, 3.8) is 0 Å². The van der Waals surface area contributed by atoms with Crippen molar-refractivity contribution in [3.8, 4) is 22.8 Å². The number of H-pyrrole nitrogens is 1. The lowest BCUT2D eigenvalue weighted by Crippen LogP contribution is -2.61. The van der Waals surface area contributed by atoms with E-state index in [1.807, 2.05) is 23.1 Å². The van der Waals surface area contributed by atoms with Gasteiger partial charge in [-0.05, 0) is 49.3 Å². The fourth-order valence-corrected chi connectivity index (χ4v) is 5.81. The Bertz CT molecular complexity index is 1030. The van der Waals surface area contributed by atoms with Crippen LogP contribution in [0.5, 0.6) is 11.5 Å². The molecule has 162 valence electrons. The molecular formula is C23H26N4O4. The number of benzene rings is 1. The highest BCUT2D eigenvalue weighted by molar-refractivity contribution is 6.00. The average Bonchev–Trinajstić information content (AvgIpc) is 3.29. The molecule has 0 saturated carbocycles. The first-order valence-corrected chi connectivity index (χ1v) is 11.2. The lowest BCUT2D eigenvalue weighted by molar-refractivity contribution is -0.144. The summed E-state index contributed by atoms with van der Waals surface area (Å²) >= 11 is 0. The van der Waals surface area contributed by atoms with Crippen molar-refractivity contribution < 1.29 is 19.1 Å². The van der Waals surface area contributed by atoms with Crippen LogP contribution in [0.2, 0.25) is 0 Å². The van der Waals surface area contributed by atoms with Crippen LogP contribution in [0.4, 0.5) is 0 Å². The molecule has 3 fully saturated rings. The molecule has 3 atom stereocenters. The van der Waals surface area contributed by atoms with Gasteiger partial charge >= 0.3 is 0 Å². The Hall–Kier alpha value is -3.03. The van der Waals surface area contributed by atoms with Gasteiger partial charge in [0.05, 0.1) is 17.5 Å². The van der Waals surface area contributed by atoms with Gasteiger partial charge in [0.25, 0.3) is 5.91 Å². The van der Waals surface area contributed by atoms with Gasteiger partial charge < -0.3 is 19.3 Å². The zero-order valence-corrected chi connectivity index (χ0v) is 17.4. The highest BCUT2D eigenvalue weighted by Gasteiger charge is 2.45. The third-order valence-electron chi connectivity index (χ3n) is 7.17. The van der Waals surface area contributed by atoms with Crippen LogP contribution in [0.15, 0.2) is 24.4 Å². The molecule has 4 aliphatic heterocycles. The third kappa shape index (κ3) is 3.16. The van der Waals surface area contributed by atoms with Crippen LogP contribution in [0, 0.1) is 11.8 Å². The first-order valence-electron chi connectivity index (χ1n) is 11.2. The number of amides is 2. The molecule has 0 radical (unpaired) electrons. The van der Waals surface area contributed by atoms with Crippen LogP contribution in [0.1, 0.15) is 36.0 Å². The first kappa shape index (κ1) is 18.7. The molecule has 0 spiro atoms. The predicted molar refractivity (Wildman–Crippen MR) is 112 cm³/mol. The Morgan fingerprint density at radius 2 is 2.00 bits per heavy atom. The fourth-order valence-electron chi connectivity index (χ4n) is 5.81. The average molecular weight is 422 g/mol. The third-order valence-corrected chi connectivity index (χ3v) is 7.17. The minimum absolute atomic E-state index is 0.00363. The number of nitrogens with zero attached hydrogens (tertiary/aromatic N) is 3. The number of hydrogen-bond acceptors (Lipinski definition) is 5. The minimum Gasteiger partial charge on any atom is -0.486 e. The molecule has 31 heavy (non-hydrogen) atoms. The van der Waals surface area contributed by atoms with Crippen molar-refractivity contribution in [1.82, 2.24) is 20.0 Å². The van der Waals surface area contributed by atoms with E-state index in [1.165, 1.54) is 0 Å². The Balaban J connectivity index is 1.25. The molecule has 4 aliphatic rings. The highest BCUT2D eigenvalue weighted by Crippen LogP contribution is 2.39. The second-order valence-corrected chi connectivity index (χ2v) is 9.09. The Morgan fingerprint density at radius 3 is 2.90 bits per heavy atom. The number of fused-ring (bicyclic) bond motifs is 5. The molecule has 5 heterocycles. The molecule has 1 aromatic heterocycles. The van der Waals surface area contributed by atoms with Crippen LogP contribution in [0.3, 0.4) is 0 Å². The molecule has 8 nitrogen and oxygen atoms in total. The van der Waals surface area contributed by atoms with Crippen molar-refractivity contribution in [3.05, 3.63) is 30.0 Å². The molecule has 0 unspecified atom stereocenters. The lowest BCUT2D eigenvalue weighted by atomic mass is 9.76. The number of ether oxygens (including phenoxy) is 2. The van der Waals surface area contributed by atoms with Crippen molar-refractivity contribution in [2.24, 2.45) is 11.8 Å². The van der Waals surface area contributed by atoms with Crippen molar-refractivity contribution in [2.75, 3.05) is 32.8 Å². The number of hydrogen-bond donors (Lipinski definition) is 1. The van der Waals surface area contributed by atoms with E-state index in [-0.39, 0.29) is 11.9 Å². The SMILES string of the molecule is O=C(c1cn[nH]c1-c1ccc2c(c1)OCCO2)N1C[C@H]2C[C@@H](C1)[C@H]1CCCC(=O)N1C2. The molecule has 2 amide bonds. The van der Waals surface area contributed by atoms with E-state index >= 15 is 0 Å². The molecule has 1 N–H and O–H groups in total. The number of aromatic nitrogens is 2. The van der Waals surface area contributed by atoms with E-state index in [0.717, 1.165) is 37.1 Å². The Kier molecular flexibility index (Phi) is 4.40. The van der Waals surface area contributed by atoms with Gasteiger partial charge in [0.2, 0.25) is 5.91 Å². The number of likely N-dealkylation sites (tertiary alicyclic amines) is 1. The van der Waals surface area contributed by atoms with Gasteiger partial charge in [-0.25, -0.2) is 0 Å².